The molecule has 0 spiro atoms. The molecule has 0 amide bonds. The van der Waals surface area contributed by atoms with E-state index in [0.29, 0.717) is 11.9 Å². The first-order chi connectivity index (χ1) is 8.26. The number of nitrogens with two attached hydrogens (primary N) is 1. The van der Waals surface area contributed by atoms with E-state index in [0.717, 1.165) is 36.3 Å². The van der Waals surface area contributed by atoms with Crippen molar-refractivity contribution in [3.05, 3.63) is 11.6 Å². The minimum Gasteiger partial charge on any atom is -0.368 e. The fourth-order valence-corrected chi connectivity index (χ4v) is 3.52. The Labute approximate surface area is 102 Å². The Morgan fingerprint density at radius 3 is 2.71 bits per heavy atom. The minimum absolute atomic E-state index is 0.404. The average molecular weight is 232 g/mol. The summed E-state index contributed by atoms with van der Waals surface area (Å²) >= 11 is 0. The zero-order valence-corrected chi connectivity index (χ0v) is 10.4. The smallest absolute Gasteiger partial charge is 0.223 e. The van der Waals surface area contributed by atoms with E-state index in [2.05, 4.69) is 21.9 Å². The summed E-state index contributed by atoms with van der Waals surface area (Å²) in [7, 11) is 0. The molecular weight excluding hydrogens is 212 g/mol. The summed E-state index contributed by atoms with van der Waals surface area (Å²) < 4.78 is 0. The Balaban J connectivity index is 1.87. The molecule has 17 heavy (non-hydrogen) atoms. The Morgan fingerprint density at radius 2 is 2.06 bits per heavy atom. The van der Waals surface area contributed by atoms with Crippen LogP contribution in [0.2, 0.25) is 0 Å². The predicted molar refractivity (Wildman–Crippen MR) is 66.4 cm³/mol. The van der Waals surface area contributed by atoms with Crippen LogP contribution in [-0.4, -0.2) is 15.0 Å². The van der Waals surface area contributed by atoms with E-state index < -0.39 is 0 Å². The van der Waals surface area contributed by atoms with E-state index in [4.69, 9.17) is 5.73 Å². The summed E-state index contributed by atoms with van der Waals surface area (Å²) in [4.78, 5) is 13.2. The molecule has 0 radical (unpaired) electrons. The van der Waals surface area contributed by atoms with E-state index in [1.54, 1.807) is 0 Å². The lowest BCUT2D eigenvalue weighted by Crippen LogP contribution is -2.15. The fourth-order valence-electron chi connectivity index (χ4n) is 3.52. The first kappa shape index (κ1) is 10.9. The largest absolute Gasteiger partial charge is 0.368 e. The van der Waals surface area contributed by atoms with Gasteiger partial charge in [0, 0.05) is 12.3 Å². The number of anilines is 1. The van der Waals surface area contributed by atoms with Gasteiger partial charge >= 0.3 is 0 Å². The molecule has 3 atom stereocenters. The molecule has 1 aromatic rings. The minimum atomic E-state index is 0.404. The van der Waals surface area contributed by atoms with Gasteiger partial charge in [0.2, 0.25) is 5.95 Å². The van der Waals surface area contributed by atoms with Crippen molar-refractivity contribution < 1.29 is 0 Å². The van der Waals surface area contributed by atoms with Gasteiger partial charge < -0.3 is 5.73 Å². The molecule has 2 saturated carbocycles. The van der Waals surface area contributed by atoms with Crippen LogP contribution in [0.1, 0.15) is 56.6 Å². The number of nitrogens with zero attached hydrogens (tertiary/aromatic N) is 3. The first-order valence-electron chi connectivity index (χ1n) is 6.76. The number of fused-ring (bicyclic) bond motifs is 2. The molecule has 1 aromatic heterocycles. The van der Waals surface area contributed by atoms with Crippen molar-refractivity contribution in [1.82, 2.24) is 15.0 Å². The number of hydrogen-bond acceptors (Lipinski definition) is 4. The summed E-state index contributed by atoms with van der Waals surface area (Å²) in [5, 5.41) is 0. The van der Waals surface area contributed by atoms with Crippen molar-refractivity contribution in [1.29, 1.82) is 0 Å². The number of aromatic nitrogens is 3. The van der Waals surface area contributed by atoms with E-state index in [1.165, 1.54) is 25.7 Å². The van der Waals surface area contributed by atoms with E-state index >= 15 is 0 Å². The molecule has 2 aliphatic carbocycles. The van der Waals surface area contributed by atoms with Crippen LogP contribution in [0, 0.1) is 11.8 Å². The molecule has 4 nitrogen and oxygen atoms in total. The molecule has 3 rings (SSSR count). The molecule has 0 aromatic carbocycles. The van der Waals surface area contributed by atoms with Crippen LogP contribution < -0.4 is 5.73 Å². The van der Waals surface area contributed by atoms with Gasteiger partial charge in [-0.25, -0.2) is 4.98 Å². The molecule has 2 bridgehead atoms. The van der Waals surface area contributed by atoms with Crippen molar-refractivity contribution in [3.63, 3.8) is 0 Å². The van der Waals surface area contributed by atoms with Crippen molar-refractivity contribution in [3.8, 4) is 0 Å². The maximum absolute atomic E-state index is 5.79. The Morgan fingerprint density at radius 1 is 1.18 bits per heavy atom. The van der Waals surface area contributed by atoms with Crippen molar-refractivity contribution in [2.75, 3.05) is 5.73 Å². The van der Waals surface area contributed by atoms with Crippen LogP contribution >= 0.6 is 0 Å². The van der Waals surface area contributed by atoms with Crippen LogP contribution in [0.3, 0.4) is 0 Å². The summed E-state index contributed by atoms with van der Waals surface area (Å²) in [6, 6.07) is 0. The number of hydrogen-bond donors (Lipinski definition) is 1. The van der Waals surface area contributed by atoms with Gasteiger partial charge in [0.25, 0.3) is 0 Å². The van der Waals surface area contributed by atoms with Gasteiger partial charge in [-0.2, -0.15) is 9.97 Å². The molecule has 2 fully saturated rings. The van der Waals surface area contributed by atoms with Crippen LogP contribution in [-0.2, 0) is 6.42 Å². The average Bonchev–Trinajstić information content (AvgIpc) is 2.90. The predicted octanol–water partition coefficient (Wildman–Crippen LogP) is 2.31. The molecule has 4 heteroatoms. The summed E-state index contributed by atoms with van der Waals surface area (Å²) in [5.41, 5.74) is 5.79. The van der Waals surface area contributed by atoms with Gasteiger partial charge in [-0.05, 0) is 37.5 Å². The third-order valence-electron chi connectivity index (χ3n) is 4.26. The highest BCUT2D eigenvalue weighted by atomic mass is 15.1. The Hall–Kier alpha value is -1.19. The molecular formula is C13H20N4. The highest BCUT2D eigenvalue weighted by molar-refractivity contribution is 5.19. The number of rotatable bonds is 3. The van der Waals surface area contributed by atoms with Gasteiger partial charge in [0.05, 0.1) is 0 Å². The van der Waals surface area contributed by atoms with Crippen LogP contribution in [0.4, 0.5) is 5.95 Å². The van der Waals surface area contributed by atoms with Crippen molar-refractivity contribution >= 4 is 5.95 Å². The van der Waals surface area contributed by atoms with Gasteiger partial charge in [0.15, 0.2) is 0 Å². The highest BCUT2D eigenvalue weighted by Crippen LogP contribution is 2.52. The zero-order chi connectivity index (χ0) is 11.8. The van der Waals surface area contributed by atoms with Gasteiger partial charge in [-0.1, -0.05) is 13.3 Å². The third-order valence-corrected chi connectivity index (χ3v) is 4.26. The highest BCUT2D eigenvalue weighted by Gasteiger charge is 2.41. The summed E-state index contributed by atoms with van der Waals surface area (Å²) in [6.45, 7) is 2.14. The summed E-state index contributed by atoms with van der Waals surface area (Å²) in [6.07, 6.45) is 7.35. The van der Waals surface area contributed by atoms with E-state index in [9.17, 15) is 0 Å². The second-order valence-electron chi connectivity index (χ2n) is 5.50. The fraction of sp³-hybridized carbons (Fsp3) is 0.769. The quantitative estimate of drug-likeness (QED) is 0.868. The monoisotopic (exact) mass is 232 g/mol. The maximum Gasteiger partial charge on any atom is 0.223 e. The topological polar surface area (TPSA) is 64.7 Å². The second-order valence-corrected chi connectivity index (χ2v) is 5.50. The SMILES string of the molecule is CCCc1nc(N)nc(C2CC3CCC2C3)n1. The molecule has 0 saturated heterocycles. The summed E-state index contributed by atoms with van der Waals surface area (Å²) in [5.74, 6) is 4.51. The van der Waals surface area contributed by atoms with Gasteiger partial charge in [-0.15, -0.1) is 0 Å². The molecule has 3 unspecified atom stereocenters. The zero-order valence-electron chi connectivity index (χ0n) is 10.4. The third kappa shape index (κ3) is 2.01. The number of nitrogen functional groups attached to an aromatic ring is 1. The lowest BCUT2D eigenvalue weighted by atomic mass is 9.88. The molecule has 0 aliphatic heterocycles. The van der Waals surface area contributed by atoms with Gasteiger partial charge in [0.1, 0.15) is 11.6 Å². The van der Waals surface area contributed by atoms with Crippen LogP contribution in [0.5, 0.6) is 0 Å². The molecule has 2 N–H and O–H groups in total. The first-order valence-corrected chi connectivity index (χ1v) is 6.76. The van der Waals surface area contributed by atoms with Crippen molar-refractivity contribution in [2.24, 2.45) is 11.8 Å². The Bertz CT molecular complexity index is 418. The second kappa shape index (κ2) is 4.24. The number of aryl methyl sites for hydroxylation is 1. The Kier molecular flexibility index (Phi) is 2.73. The molecule has 1 heterocycles. The van der Waals surface area contributed by atoms with Gasteiger partial charge in [-0.3, -0.25) is 0 Å². The lowest BCUT2D eigenvalue weighted by Gasteiger charge is -2.20. The van der Waals surface area contributed by atoms with Crippen LogP contribution in [0.15, 0.2) is 0 Å². The van der Waals surface area contributed by atoms with Crippen molar-refractivity contribution in [2.45, 2.75) is 51.4 Å². The normalized spacial score (nSPS) is 31.0. The lowest BCUT2D eigenvalue weighted by molar-refractivity contribution is 0.403. The van der Waals surface area contributed by atoms with E-state index in [1.807, 2.05) is 0 Å². The standard InChI is InChI=1S/C13H20N4/c1-2-3-11-15-12(17-13(14)16-11)10-7-8-4-5-9(10)6-8/h8-10H,2-7H2,1H3,(H2,14,15,16,17). The van der Waals surface area contributed by atoms with Crippen LogP contribution in [0.25, 0.3) is 0 Å². The maximum atomic E-state index is 5.79. The molecule has 2 aliphatic rings. The molecule has 92 valence electrons. The van der Waals surface area contributed by atoms with E-state index in [-0.39, 0.29) is 0 Å².